The van der Waals surface area contributed by atoms with Crippen LogP contribution in [0.4, 0.5) is 34.9 Å². The van der Waals surface area contributed by atoms with Crippen LogP contribution in [0.2, 0.25) is 0 Å². The zero-order valence-electron chi connectivity index (χ0n) is 21.5. The third kappa shape index (κ3) is 7.08. The lowest BCUT2D eigenvalue weighted by atomic mass is 10.1. The van der Waals surface area contributed by atoms with Crippen molar-refractivity contribution in [1.29, 1.82) is 0 Å². The molecule has 0 spiro atoms. The lowest BCUT2D eigenvalue weighted by Crippen LogP contribution is -2.36. The highest BCUT2D eigenvalue weighted by atomic mass is 19.4. The van der Waals surface area contributed by atoms with E-state index in [-0.39, 0.29) is 5.69 Å². The number of ether oxygens (including phenoxy) is 1. The lowest BCUT2D eigenvalue weighted by molar-refractivity contribution is -0.192. The van der Waals surface area contributed by atoms with Crippen LogP contribution >= 0.6 is 0 Å². The highest BCUT2D eigenvalue weighted by molar-refractivity contribution is 5.73. The molecule has 40 heavy (non-hydrogen) atoms. The smallest absolute Gasteiger partial charge is 0.475 e. The summed E-state index contributed by atoms with van der Waals surface area (Å²) in [4.78, 5) is 24.0. The number of nitrogens with one attached hydrogen (secondary N) is 1. The number of hydrogen-bond acceptors (Lipinski definition) is 8. The van der Waals surface area contributed by atoms with Gasteiger partial charge >= 0.3 is 12.1 Å². The molecule has 210 valence electrons. The summed E-state index contributed by atoms with van der Waals surface area (Å²) < 4.78 is 53.6. The molecule has 0 amide bonds. The van der Waals surface area contributed by atoms with Gasteiger partial charge in [-0.05, 0) is 50.2 Å². The van der Waals surface area contributed by atoms with Crippen molar-refractivity contribution in [3.05, 3.63) is 72.2 Å². The lowest BCUT2D eigenvalue weighted by Gasteiger charge is -2.29. The molecule has 10 nitrogen and oxygen atoms in total. The number of aryl methyl sites for hydroxylation is 2. The van der Waals surface area contributed by atoms with Crippen molar-refractivity contribution in [3.8, 4) is 16.9 Å². The van der Waals surface area contributed by atoms with E-state index in [1.807, 2.05) is 62.4 Å². The molecule has 1 saturated heterocycles. The largest absolute Gasteiger partial charge is 0.490 e. The number of halogens is 4. The molecule has 1 aliphatic heterocycles. The summed E-state index contributed by atoms with van der Waals surface area (Å²) in [6, 6.07) is 15.4. The Morgan fingerprint density at radius 3 is 2.30 bits per heavy atom. The first-order valence-corrected chi connectivity index (χ1v) is 12.0. The monoisotopic (exact) mass is 559 g/mol. The molecule has 1 aliphatic rings. The first-order chi connectivity index (χ1) is 19.0. The number of alkyl halides is 3. The minimum Gasteiger partial charge on any atom is -0.475 e. The van der Waals surface area contributed by atoms with Crippen LogP contribution < -0.4 is 10.2 Å². The van der Waals surface area contributed by atoms with E-state index in [1.165, 1.54) is 6.20 Å². The predicted octanol–water partition coefficient (Wildman–Crippen LogP) is 4.69. The topological polar surface area (TPSA) is 118 Å². The number of rotatable bonds is 5. The van der Waals surface area contributed by atoms with Crippen molar-refractivity contribution < 1.29 is 32.2 Å². The van der Waals surface area contributed by atoms with Gasteiger partial charge in [-0.2, -0.15) is 18.3 Å². The van der Waals surface area contributed by atoms with Gasteiger partial charge in [-0.1, -0.05) is 12.1 Å². The van der Waals surface area contributed by atoms with E-state index in [0.717, 1.165) is 41.8 Å². The molecule has 0 atom stereocenters. The van der Waals surface area contributed by atoms with Gasteiger partial charge in [-0.25, -0.2) is 28.8 Å². The van der Waals surface area contributed by atoms with E-state index in [9.17, 15) is 17.6 Å². The van der Waals surface area contributed by atoms with Crippen LogP contribution in [0.25, 0.3) is 16.9 Å². The van der Waals surface area contributed by atoms with E-state index in [2.05, 4.69) is 30.3 Å². The number of morpholine rings is 1. The SMILES string of the molecule is Cc1nc(C)n(-c2ccc(Nc3ncc(F)c(-c4cccc(N5CCOCC5)c4)n3)cc2)n1.O=C(O)C(F)(F)F. The summed E-state index contributed by atoms with van der Waals surface area (Å²) in [5.41, 5.74) is 3.67. The summed E-state index contributed by atoms with van der Waals surface area (Å²) >= 11 is 0. The van der Waals surface area contributed by atoms with E-state index in [1.54, 1.807) is 4.68 Å². The molecule has 2 aromatic heterocycles. The molecular weight excluding hydrogens is 534 g/mol. The Bertz CT molecular complexity index is 1470. The Hall–Kier alpha value is -4.59. The Kier molecular flexibility index (Phi) is 8.58. The molecule has 0 radical (unpaired) electrons. The summed E-state index contributed by atoms with van der Waals surface area (Å²) in [6.07, 6.45) is -3.89. The first-order valence-electron chi connectivity index (χ1n) is 12.0. The van der Waals surface area contributed by atoms with Crippen molar-refractivity contribution in [2.45, 2.75) is 20.0 Å². The maximum absolute atomic E-state index is 14.6. The van der Waals surface area contributed by atoms with Crippen LogP contribution in [-0.4, -0.2) is 68.3 Å². The van der Waals surface area contributed by atoms with Crippen LogP contribution in [0.1, 0.15) is 11.6 Å². The predicted molar refractivity (Wildman–Crippen MR) is 138 cm³/mol. The quantitative estimate of drug-likeness (QED) is 0.336. The molecule has 14 heteroatoms. The second kappa shape index (κ2) is 12.1. The molecule has 5 rings (SSSR count). The second-order valence-corrected chi connectivity index (χ2v) is 8.63. The van der Waals surface area contributed by atoms with Crippen molar-refractivity contribution in [2.24, 2.45) is 0 Å². The third-order valence-corrected chi connectivity index (χ3v) is 5.73. The van der Waals surface area contributed by atoms with Crippen molar-refractivity contribution in [2.75, 3.05) is 36.5 Å². The van der Waals surface area contributed by atoms with Crippen molar-refractivity contribution >= 4 is 23.3 Å². The number of carbonyl (C=O) groups is 1. The molecule has 0 unspecified atom stereocenters. The molecule has 0 bridgehead atoms. The zero-order chi connectivity index (χ0) is 28.9. The average molecular weight is 560 g/mol. The Balaban J connectivity index is 0.000000470. The van der Waals surface area contributed by atoms with Gasteiger partial charge < -0.3 is 20.1 Å². The van der Waals surface area contributed by atoms with Crippen molar-refractivity contribution in [1.82, 2.24) is 24.7 Å². The van der Waals surface area contributed by atoms with E-state index < -0.39 is 18.0 Å². The minimum absolute atomic E-state index is 0.257. The fourth-order valence-corrected chi connectivity index (χ4v) is 3.88. The second-order valence-electron chi connectivity index (χ2n) is 8.63. The standard InChI is InChI=1S/C24H24FN7O.C2HF3O2/c1-16-27-17(2)32(30-16)20-8-6-19(7-9-20)28-24-26-15-22(25)23(29-24)18-4-3-5-21(14-18)31-10-12-33-13-11-31;3-2(4,5)1(6)7/h3-9,14-15H,10-13H2,1-2H3,(H,26,28,29);(H,6,7). The molecule has 4 aromatic rings. The van der Waals surface area contributed by atoms with Gasteiger partial charge in [0.05, 0.1) is 25.1 Å². The maximum atomic E-state index is 14.6. The maximum Gasteiger partial charge on any atom is 0.490 e. The average Bonchev–Trinajstić information content (AvgIpc) is 3.28. The van der Waals surface area contributed by atoms with Gasteiger partial charge in [0, 0.05) is 30.0 Å². The summed E-state index contributed by atoms with van der Waals surface area (Å²) in [7, 11) is 0. The van der Waals surface area contributed by atoms with E-state index in [0.29, 0.717) is 24.7 Å². The highest BCUT2D eigenvalue weighted by Gasteiger charge is 2.38. The molecular formula is C26H25F4N7O3. The molecule has 3 heterocycles. The number of nitrogens with zero attached hydrogens (tertiary/aromatic N) is 6. The number of aromatic nitrogens is 5. The fourth-order valence-electron chi connectivity index (χ4n) is 3.88. The summed E-state index contributed by atoms with van der Waals surface area (Å²) in [6.45, 7) is 6.77. The first kappa shape index (κ1) is 28.4. The number of hydrogen-bond donors (Lipinski definition) is 2. The molecule has 0 saturated carbocycles. The molecule has 2 N–H and O–H groups in total. The van der Waals surface area contributed by atoms with Gasteiger partial charge in [0.25, 0.3) is 0 Å². The zero-order valence-corrected chi connectivity index (χ0v) is 21.5. The van der Waals surface area contributed by atoms with Crippen LogP contribution in [0, 0.1) is 19.7 Å². The number of carboxylic acid groups (broad SMARTS) is 1. The van der Waals surface area contributed by atoms with Crippen LogP contribution in [-0.2, 0) is 9.53 Å². The van der Waals surface area contributed by atoms with Gasteiger partial charge in [0.1, 0.15) is 17.3 Å². The van der Waals surface area contributed by atoms with Gasteiger partial charge in [-0.15, -0.1) is 0 Å². The Morgan fingerprint density at radius 2 is 1.70 bits per heavy atom. The number of benzene rings is 2. The van der Waals surface area contributed by atoms with Crippen LogP contribution in [0.3, 0.4) is 0 Å². The van der Waals surface area contributed by atoms with Gasteiger partial charge in [0.2, 0.25) is 5.95 Å². The Morgan fingerprint density at radius 1 is 1.02 bits per heavy atom. The van der Waals surface area contributed by atoms with E-state index >= 15 is 0 Å². The minimum atomic E-state index is -5.08. The molecule has 1 fully saturated rings. The number of carboxylic acids is 1. The summed E-state index contributed by atoms with van der Waals surface area (Å²) in [5, 5.41) is 14.7. The molecule has 0 aliphatic carbocycles. The number of anilines is 3. The Labute approximate surface area is 226 Å². The van der Waals surface area contributed by atoms with Crippen molar-refractivity contribution in [3.63, 3.8) is 0 Å². The number of aliphatic carboxylic acids is 1. The van der Waals surface area contributed by atoms with Crippen LogP contribution in [0.5, 0.6) is 0 Å². The van der Waals surface area contributed by atoms with Gasteiger partial charge in [0.15, 0.2) is 5.82 Å². The normalized spacial score (nSPS) is 13.4. The fraction of sp³-hybridized carbons (Fsp3) is 0.269. The molecule has 2 aromatic carbocycles. The van der Waals surface area contributed by atoms with E-state index in [4.69, 9.17) is 14.6 Å². The third-order valence-electron chi connectivity index (χ3n) is 5.73. The van der Waals surface area contributed by atoms with Crippen LogP contribution in [0.15, 0.2) is 54.7 Å². The van der Waals surface area contributed by atoms with Gasteiger partial charge in [-0.3, -0.25) is 0 Å². The summed E-state index contributed by atoms with van der Waals surface area (Å²) in [5.74, 6) is -1.36. The highest BCUT2D eigenvalue weighted by Crippen LogP contribution is 2.27.